The standard InChI is InChI=1S/C14H18ClN3/c1-10(12-4-6-14(15)7-5-12)16-8-13-9-17-18(3)11(13)2/h4-7,9-10,16H,8H2,1-3H3/t10-/m0/s1. The zero-order valence-corrected chi connectivity index (χ0v) is 11.7. The van der Waals surface area contributed by atoms with Gasteiger partial charge in [0.15, 0.2) is 0 Å². The number of hydrogen-bond acceptors (Lipinski definition) is 2. The van der Waals surface area contributed by atoms with Crippen molar-refractivity contribution in [1.82, 2.24) is 15.1 Å². The highest BCUT2D eigenvalue weighted by Gasteiger charge is 2.07. The van der Waals surface area contributed by atoms with Gasteiger partial charge in [0.25, 0.3) is 0 Å². The van der Waals surface area contributed by atoms with Gasteiger partial charge in [-0.2, -0.15) is 5.10 Å². The maximum Gasteiger partial charge on any atom is 0.0537 e. The number of aryl methyl sites for hydroxylation is 1. The maximum atomic E-state index is 5.88. The van der Waals surface area contributed by atoms with E-state index < -0.39 is 0 Å². The van der Waals surface area contributed by atoms with Gasteiger partial charge < -0.3 is 5.32 Å². The minimum absolute atomic E-state index is 0.293. The molecule has 0 spiro atoms. The number of hydrogen-bond donors (Lipinski definition) is 1. The van der Waals surface area contributed by atoms with Gasteiger partial charge in [-0.3, -0.25) is 4.68 Å². The van der Waals surface area contributed by atoms with Crippen molar-refractivity contribution in [2.45, 2.75) is 26.4 Å². The number of nitrogens with zero attached hydrogens (tertiary/aromatic N) is 2. The molecule has 0 amide bonds. The fourth-order valence-corrected chi connectivity index (χ4v) is 1.98. The van der Waals surface area contributed by atoms with Gasteiger partial charge in [-0.25, -0.2) is 0 Å². The monoisotopic (exact) mass is 263 g/mol. The van der Waals surface area contributed by atoms with E-state index in [9.17, 15) is 0 Å². The summed E-state index contributed by atoms with van der Waals surface area (Å²) in [4.78, 5) is 0. The lowest BCUT2D eigenvalue weighted by atomic mass is 10.1. The van der Waals surface area contributed by atoms with Gasteiger partial charge in [0.1, 0.15) is 0 Å². The van der Waals surface area contributed by atoms with Crippen LogP contribution in [0.4, 0.5) is 0 Å². The van der Waals surface area contributed by atoms with Crippen LogP contribution in [-0.2, 0) is 13.6 Å². The molecule has 1 aromatic carbocycles. The van der Waals surface area contributed by atoms with Crippen LogP contribution in [0.2, 0.25) is 5.02 Å². The van der Waals surface area contributed by atoms with Crippen LogP contribution in [0.3, 0.4) is 0 Å². The average Bonchev–Trinajstić information content (AvgIpc) is 2.68. The lowest BCUT2D eigenvalue weighted by Crippen LogP contribution is -2.18. The van der Waals surface area contributed by atoms with E-state index in [1.807, 2.05) is 30.1 Å². The lowest BCUT2D eigenvalue weighted by molar-refractivity contribution is 0.572. The van der Waals surface area contributed by atoms with Crippen molar-refractivity contribution in [2.75, 3.05) is 0 Å². The molecule has 1 N–H and O–H groups in total. The molecule has 2 aromatic rings. The summed E-state index contributed by atoms with van der Waals surface area (Å²) in [5, 5.41) is 8.50. The summed E-state index contributed by atoms with van der Waals surface area (Å²) in [6.45, 7) is 5.05. The molecule has 0 bridgehead atoms. The molecule has 0 aliphatic heterocycles. The van der Waals surface area contributed by atoms with E-state index in [0.717, 1.165) is 11.6 Å². The Bertz CT molecular complexity index is 516. The van der Waals surface area contributed by atoms with E-state index in [1.165, 1.54) is 16.8 Å². The molecule has 18 heavy (non-hydrogen) atoms. The molecule has 1 heterocycles. The van der Waals surface area contributed by atoms with Crippen LogP contribution in [0.25, 0.3) is 0 Å². The van der Waals surface area contributed by atoms with Gasteiger partial charge in [0.05, 0.1) is 6.20 Å². The highest BCUT2D eigenvalue weighted by molar-refractivity contribution is 6.30. The predicted molar refractivity (Wildman–Crippen MR) is 74.7 cm³/mol. The van der Waals surface area contributed by atoms with Gasteiger partial charge in [-0.1, -0.05) is 23.7 Å². The summed E-state index contributed by atoms with van der Waals surface area (Å²) in [7, 11) is 1.96. The van der Waals surface area contributed by atoms with Crippen molar-refractivity contribution in [1.29, 1.82) is 0 Å². The highest BCUT2D eigenvalue weighted by atomic mass is 35.5. The third kappa shape index (κ3) is 2.92. The molecule has 0 fully saturated rings. The molecule has 0 saturated carbocycles. The van der Waals surface area contributed by atoms with Crippen LogP contribution in [0.15, 0.2) is 30.5 Å². The predicted octanol–water partition coefficient (Wildman–Crippen LogP) is 3.23. The number of nitrogens with one attached hydrogen (secondary N) is 1. The molecular weight excluding hydrogens is 246 g/mol. The Morgan fingerprint density at radius 3 is 2.56 bits per heavy atom. The third-order valence-electron chi connectivity index (χ3n) is 3.31. The Balaban J connectivity index is 1.98. The molecule has 4 heteroatoms. The van der Waals surface area contributed by atoms with Crippen LogP contribution in [-0.4, -0.2) is 9.78 Å². The van der Waals surface area contributed by atoms with Crippen molar-refractivity contribution in [3.8, 4) is 0 Å². The molecule has 3 nitrogen and oxygen atoms in total. The first kappa shape index (κ1) is 13.1. The first-order valence-electron chi connectivity index (χ1n) is 6.04. The molecular formula is C14H18ClN3. The molecule has 0 aliphatic rings. The van der Waals surface area contributed by atoms with Crippen molar-refractivity contribution >= 4 is 11.6 Å². The summed E-state index contributed by atoms with van der Waals surface area (Å²) in [5.74, 6) is 0. The zero-order valence-electron chi connectivity index (χ0n) is 10.9. The fourth-order valence-electron chi connectivity index (χ4n) is 1.85. The van der Waals surface area contributed by atoms with Crippen LogP contribution < -0.4 is 5.32 Å². The summed E-state index contributed by atoms with van der Waals surface area (Å²) in [6, 6.07) is 8.24. The smallest absolute Gasteiger partial charge is 0.0537 e. The minimum Gasteiger partial charge on any atom is -0.306 e. The Hall–Kier alpha value is -1.32. The second-order valence-corrected chi connectivity index (χ2v) is 4.97. The Morgan fingerprint density at radius 2 is 2.00 bits per heavy atom. The summed E-state index contributed by atoms with van der Waals surface area (Å²) < 4.78 is 1.89. The Morgan fingerprint density at radius 1 is 1.33 bits per heavy atom. The molecule has 0 saturated heterocycles. The van der Waals surface area contributed by atoms with Gasteiger partial charge in [0, 0.05) is 35.9 Å². The van der Waals surface area contributed by atoms with Crippen LogP contribution in [0, 0.1) is 6.92 Å². The molecule has 0 aliphatic carbocycles. The number of benzene rings is 1. The third-order valence-corrected chi connectivity index (χ3v) is 3.56. The first-order chi connectivity index (χ1) is 8.58. The average molecular weight is 264 g/mol. The van der Waals surface area contributed by atoms with Gasteiger partial charge in [0.2, 0.25) is 0 Å². The number of aromatic nitrogens is 2. The van der Waals surface area contributed by atoms with Crippen molar-refractivity contribution < 1.29 is 0 Å². The van der Waals surface area contributed by atoms with Crippen LogP contribution >= 0.6 is 11.6 Å². The maximum absolute atomic E-state index is 5.88. The van der Waals surface area contributed by atoms with Crippen LogP contribution in [0.5, 0.6) is 0 Å². The van der Waals surface area contributed by atoms with E-state index in [1.54, 1.807) is 0 Å². The molecule has 2 rings (SSSR count). The molecule has 1 atom stereocenters. The normalized spacial score (nSPS) is 12.7. The summed E-state index contributed by atoms with van der Waals surface area (Å²) in [6.07, 6.45) is 1.91. The van der Waals surface area contributed by atoms with Gasteiger partial charge in [-0.05, 0) is 31.5 Å². The van der Waals surface area contributed by atoms with E-state index in [-0.39, 0.29) is 0 Å². The fraction of sp³-hybridized carbons (Fsp3) is 0.357. The van der Waals surface area contributed by atoms with Crippen molar-refractivity contribution in [2.24, 2.45) is 7.05 Å². The SMILES string of the molecule is Cc1c(CN[C@@H](C)c2ccc(Cl)cc2)cnn1C. The van der Waals surface area contributed by atoms with Crippen molar-refractivity contribution in [3.05, 3.63) is 52.3 Å². The topological polar surface area (TPSA) is 29.9 Å². The van der Waals surface area contributed by atoms with E-state index in [2.05, 4.69) is 36.4 Å². The second-order valence-electron chi connectivity index (χ2n) is 4.53. The van der Waals surface area contributed by atoms with Gasteiger partial charge >= 0.3 is 0 Å². The summed E-state index contributed by atoms with van der Waals surface area (Å²) >= 11 is 5.88. The molecule has 0 unspecified atom stereocenters. The van der Waals surface area contributed by atoms with E-state index >= 15 is 0 Å². The minimum atomic E-state index is 0.293. The van der Waals surface area contributed by atoms with Gasteiger partial charge in [-0.15, -0.1) is 0 Å². The van der Waals surface area contributed by atoms with Crippen LogP contribution in [0.1, 0.15) is 29.8 Å². The largest absolute Gasteiger partial charge is 0.306 e. The van der Waals surface area contributed by atoms with Crippen molar-refractivity contribution in [3.63, 3.8) is 0 Å². The molecule has 96 valence electrons. The molecule has 0 radical (unpaired) electrons. The quantitative estimate of drug-likeness (QED) is 0.918. The summed E-state index contributed by atoms with van der Waals surface area (Å²) in [5.41, 5.74) is 3.67. The zero-order chi connectivity index (χ0) is 13.1. The Kier molecular flexibility index (Phi) is 4.04. The lowest BCUT2D eigenvalue weighted by Gasteiger charge is -2.14. The van der Waals surface area contributed by atoms with E-state index in [4.69, 9.17) is 11.6 Å². The first-order valence-corrected chi connectivity index (χ1v) is 6.42. The van der Waals surface area contributed by atoms with E-state index in [0.29, 0.717) is 6.04 Å². The number of halogens is 1. The molecule has 1 aromatic heterocycles. The highest BCUT2D eigenvalue weighted by Crippen LogP contribution is 2.17. The number of rotatable bonds is 4. The second kappa shape index (κ2) is 5.55. The Labute approximate surface area is 113 Å².